The first-order valence-corrected chi connectivity index (χ1v) is 10.8. The van der Waals surface area contributed by atoms with Crippen molar-refractivity contribution < 1.29 is 0 Å². The minimum Gasteiger partial charge on any atom is -0.0654 e. The number of rotatable bonds is 17. The second-order valence-electron chi connectivity index (χ2n) is 7.59. The molecule has 22 heavy (non-hydrogen) atoms. The van der Waals surface area contributed by atoms with Crippen LogP contribution in [0, 0.1) is 11.8 Å². The van der Waals surface area contributed by atoms with Crippen LogP contribution in [0.4, 0.5) is 0 Å². The Morgan fingerprint density at radius 1 is 0.364 bits per heavy atom. The zero-order valence-corrected chi connectivity index (χ0v) is 16.5. The topological polar surface area (TPSA) is 0 Å². The molecule has 134 valence electrons. The first-order chi connectivity index (χ1) is 10.8. The molecule has 0 radical (unpaired) electrons. The van der Waals surface area contributed by atoms with Gasteiger partial charge in [0.2, 0.25) is 0 Å². The molecule has 0 rings (SSSR count). The van der Waals surface area contributed by atoms with Crippen LogP contribution in [-0.2, 0) is 0 Å². The molecule has 0 bridgehead atoms. The lowest BCUT2D eigenvalue weighted by Gasteiger charge is -2.19. The molecule has 0 spiro atoms. The summed E-state index contributed by atoms with van der Waals surface area (Å²) in [5.74, 6) is 2.05. The summed E-state index contributed by atoms with van der Waals surface area (Å²) in [6, 6.07) is 0. The van der Waals surface area contributed by atoms with E-state index in [1.165, 1.54) is 103 Å². The van der Waals surface area contributed by atoms with E-state index >= 15 is 0 Å². The molecule has 0 saturated heterocycles. The number of hydrogen-bond donors (Lipinski definition) is 0. The molecule has 0 N–H and O–H groups in total. The highest BCUT2D eigenvalue weighted by Crippen LogP contribution is 2.26. The SMILES string of the molecule is CCCCCCC(CCC)CCCC(CCC)CCCCC. The molecule has 2 unspecified atom stereocenters. The van der Waals surface area contributed by atoms with Crippen molar-refractivity contribution in [2.45, 2.75) is 130 Å². The van der Waals surface area contributed by atoms with Gasteiger partial charge in [0.1, 0.15) is 0 Å². The largest absolute Gasteiger partial charge is 0.0654 e. The van der Waals surface area contributed by atoms with Crippen molar-refractivity contribution >= 4 is 0 Å². The van der Waals surface area contributed by atoms with Crippen LogP contribution < -0.4 is 0 Å². The summed E-state index contributed by atoms with van der Waals surface area (Å²) in [6.07, 6.45) is 23.2. The second kappa shape index (κ2) is 17.4. The van der Waals surface area contributed by atoms with Gasteiger partial charge < -0.3 is 0 Å². The Morgan fingerprint density at radius 3 is 1.23 bits per heavy atom. The molecular weight excluding hydrogens is 264 g/mol. The van der Waals surface area contributed by atoms with Crippen LogP contribution in [0.25, 0.3) is 0 Å². The molecule has 0 aromatic rings. The van der Waals surface area contributed by atoms with Crippen molar-refractivity contribution in [2.24, 2.45) is 11.8 Å². The summed E-state index contributed by atoms with van der Waals surface area (Å²) < 4.78 is 0. The van der Waals surface area contributed by atoms with E-state index in [0.29, 0.717) is 0 Å². The molecule has 0 fully saturated rings. The zero-order valence-electron chi connectivity index (χ0n) is 16.5. The van der Waals surface area contributed by atoms with Gasteiger partial charge in [0, 0.05) is 0 Å². The number of hydrogen-bond acceptors (Lipinski definition) is 0. The average Bonchev–Trinajstić information content (AvgIpc) is 2.51. The third kappa shape index (κ3) is 13.6. The maximum Gasteiger partial charge on any atom is -0.0414 e. The van der Waals surface area contributed by atoms with Crippen LogP contribution in [0.3, 0.4) is 0 Å². The van der Waals surface area contributed by atoms with Gasteiger partial charge in [-0.2, -0.15) is 0 Å². The minimum absolute atomic E-state index is 1.03. The van der Waals surface area contributed by atoms with Gasteiger partial charge >= 0.3 is 0 Å². The molecule has 0 nitrogen and oxygen atoms in total. The Hall–Kier alpha value is 0. The predicted molar refractivity (Wildman–Crippen MR) is 104 cm³/mol. The maximum absolute atomic E-state index is 2.36. The summed E-state index contributed by atoms with van der Waals surface area (Å²) in [5, 5.41) is 0. The minimum atomic E-state index is 1.03. The highest BCUT2D eigenvalue weighted by atomic mass is 14.2. The Bertz CT molecular complexity index is 196. The summed E-state index contributed by atoms with van der Waals surface area (Å²) in [6.45, 7) is 9.36. The standard InChI is InChI=1S/C22H46/c1-5-9-11-13-18-22(16-8-4)20-14-19-21(15-7-3)17-12-10-6-2/h21-22H,5-20H2,1-4H3. The monoisotopic (exact) mass is 310 g/mol. The van der Waals surface area contributed by atoms with Crippen molar-refractivity contribution in [3.8, 4) is 0 Å². The lowest BCUT2D eigenvalue weighted by molar-refractivity contribution is 0.337. The van der Waals surface area contributed by atoms with Crippen LogP contribution in [0.1, 0.15) is 130 Å². The van der Waals surface area contributed by atoms with Gasteiger partial charge in [-0.05, 0) is 11.8 Å². The lowest BCUT2D eigenvalue weighted by atomic mass is 9.87. The van der Waals surface area contributed by atoms with Crippen molar-refractivity contribution in [3.05, 3.63) is 0 Å². The van der Waals surface area contributed by atoms with Crippen LogP contribution in [0.2, 0.25) is 0 Å². The smallest absolute Gasteiger partial charge is 0.0414 e. The van der Waals surface area contributed by atoms with Crippen molar-refractivity contribution in [1.29, 1.82) is 0 Å². The van der Waals surface area contributed by atoms with Gasteiger partial charge in [-0.1, -0.05) is 130 Å². The first kappa shape index (κ1) is 22.0. The van der Waals surface area contributed by atoms with E-state index < -0.39 is 0 Å². The maximum atomic E-state index is 2.36. The van der Waals surface area contributed by atoms with E-state index in [2.05, 4.69) is 27.7 Å². The van der Waals surface area contributed by atoms with Gasteiger partial charge in [-0.15, -0.1) is 0 Å². The fraction of sp³-hybridized carbons (Fsp3) is 1.00. The van der Waals surface area contributed by atoms with Crippen molar-refractivity contribution in [1.82, 2.24) is 0 Å². The molecule has 0 aliphatic heterocycles. The molecule has 0 amide bonds. The summed E-state index contributed by atoms with van der Waals surface area (Å²) >= 11 is 0. The van der Waals surface area contributed by atoms with Gasteiger partial charge in [-0.25, -0.2) is 0 Å². The van der Waals surface area contributed by atoms with Gasteiger partial charge in [0.25, 0.3) is 0 Å². The van der Waals surface area contributed by atoms with Crippen molar-refractivity contribution in [3.63, 3.8) is 0 Å². The van der Waals surface area contributed by atoms with Crippen LogP contribution in [0.15, 0.2) is 0 Å². The average molecular weight is 311 g/mol. The third-order valence-corrected chi connectivity index (χ3v) is 5.30. The van der Waals surface area contributed by atoms with Crippen LogP contribution in [0.5, 0.6) is 0 Å². The molecule has 0 aromatic carbocycles. The second-order valence-corrected chi connectivity index (χ2v) is 7.59. The molecule has 0 aromatic heterocycles. The molecule has 0 aliphatic carbocycles. The van der Waals surface area contributed by atoms with Gasteiger partial charge in [-0.3, -0.25) is 0 Å². The highest BCUT2D eigenvalue weighted by Gasteiger charge is 2.11. The van der Waals surface area contributed by atoms with E-state index in [1.807, 2.05) is 0 Å². The van der Waals surface area contributed by atoms with E-state index in [4.69, 9.17) is 0 Å². The lowest BCUT2D eigenvalue weighted by Crippen LogP contribution is -2.05. The Labute approximate surface area is 142 Å². The van der Waals surface area contributed by atoms with Crippen molar-refractivity contribution in [2.75, 3.05) is 0 Å². The summed E-state index contributed by atoms with van der Waals surface area (Å²) in [4.78, 5) is 0. The summed E-state index contributed by atoms with van der Waals surface area (Å²) in [5.41, 5.74) is 0. The fourth-order valence-corrected chi connectivity index (χ4v) is 3.92. The highest BCUT2D eigenvalue weighted by molar-refractivity contribution is 4.64. The number of unbranched alkanes of at least 4 members (excludes halogenated alkanes) is 5. The Kier molecular flexibility index (Phi) is 17.4. The van der Waals surface area contributed by atoms with Gasteiger partial charge in [0.05, 0.1) is 0 Å². The molecule has 0 heterocycles. The zero-order chi connectivity index (χ0) is 16.5. The molecule has 0 heteroatoms. The molecular formula is C22H46. The third-order valence-electron chi connectivity index (χ3n) is 5.30. The Balaban J connectivity index is 3.88. The molecule has 2 atom stereocenters. The van der Waals surface area contributed by atoms with E-state index in [-0.39, 0.29) is 0 Å². The fourth-order valence-electron chi connectivity index (χ4n) is 3.92. The summed E-state index contributed by atoms with van der Waals surface area (Å²) in [7, 11) is 0. The van der Waals surface area contributed by atoms with E-state index in [0.717, 1.165) is 11.8 Å². The normalized spacial score (nSPS) is 14.2. The van der Waals surface area contributed by atoms with Crippen LogP contribution >= 0.6 is 0 Å². The first-order valence-electron chi connectivity index (χ1n) is 10.8. The Morgan fingerprint density at radius 2 is 0.773 bits per heavy atom. The van der Waals surface area contributed by atoms with E-state index in [9.17, 15) is 0 Å². The molecule has 0 saturated carbocycles. The quantitative estimate of drug-likeness (QED) is 0.236. The van der Waals surface area contributed by atoms with Gasteiger partial charge in [0.15, 0.2) is 0 Å². The van der Waals surface area contributed by atoms with E-state index in [1.54, 1.807) is 0 Å². The predicted octanol–water partition coefficient (Wildman–Crippen LogP) is 8.54. The van der Waals surface area contributed by atoms with Crippen LogP contribution in [-0.4, -0.2) is 0 Å². The molecule has 0 aliphatic rings.